The highest BCUT2D eigenvalue weighted by Crippen LogP contribution is 2.26. The van der Waals surface area contributed by atoms with Crippen LogP contribution in [0.5, 0.6) is 11.5 Å². The lowest BCUT2D eigenvalue weighted by molar-refractivity contribution is -0.0505. The number of guanidine groups is 1. The van der Waals surface area contributed by atoms with Crippen molar-refractivity contribution < 1.29 is 18.3 Å². The Bertz CT molecular complexity index is 482. The SMILES string of the molecule is CCCOc1ccc(CNC(=NC)NCC)c(OC(F)F)c1. The summed E-state index contributed by atoms with van der Waals surface area (Å²) < 4.78 is 35.1. The standard InChI is InChI=1S/C15H23F2N3O2/c1-4-8-21-12-7-6-11(13(9-12)22-14(16)17)10-20-15(18-3)19-5-2/h6-7,9,14H,4-5,8,10H2,1-3H3,(H2,18,19,20). The molecule has 1 aromatic carbocycles. The van der Waals surface area contributed by atoms with Crippen LogP contribution in [0.25, 0.3) is 0 Å². The predicted molar refractivity (Wildman–Crippen MR) is 82.7 cm³/mol. The number of halogens is 2. The molecule has 0 fully saturated rings. The molecule has 2 N–H and O–H groups in total. The third kappa shape index (κ3) is 6.15. The highest BCUT2D eigenvalue weighted by atomic mass is 19.3. The van der Waals surface area contributed by atoms with Gasteiger partial charge in [0.25, 0.3) is 0 Å². The van der Waals surface area contributed by atoms with E-state index in [0.717, 1.165) is 6.42 Å². The van der Waals surface area contributed by atoms with Crippen molar-refractivity contribution in [1.29, 1.82) is 0 Å². The highest BCUT2D eigenvalue weighted by Gasteiger charge is 2.12. The average Bonchev–Trinajstić information content (AvgIpc) is 2.50. The molecule has 7 heteroatoms. The zero-order valence-corrected chi connectivity index (χ0v) is 13.2. The molecule has 0 amide bonds. The van der Waals surface area contributed by atoms with Gasteiger partial charge in [0.15, 0.2) is 5.96 Å². The number of rotatable bonds is 8. The van der Waals surface area contributed by atoms with Gasteiger partial charge in [-0.2, -0.15) is 8.78 Å². The van der Waals surface area contributed by atoms with Crippen LogP contribution in [0.15, 0.2) is 23.2 Å². The molecule has 0 aromatic heterocycles. The monoisotopic (exact) mass is 315 g/mol. The lowest BCUT2D eigenvalue weighted by Gasteiger charge is -2.15. The van der Waals surface area contributed by atoms with Gasteiger partial charge in [-0.25, -0.2) is 0 Å². The molecular weight excluding hydrogens is 292 g/mol. The zero-order chi connectivity index (χ0) is 16.4. The smallest absolute Gasteiger partial charge is 0.387 e. The van der Waals surface area contributed by atoms with E-state index in [9.17, 15) is 8.78 Å². The minimum absolute atomic E-state index is 0.100. The topological polar surface area (TPSA) is 54.9 Å². The Morgan fingerprint density at radius 1 is 1.27 bits per heavy atom. The summed E-state index contributed by atoms with van der Waals surface area (Å²) in [5, 5.41) is 6.06. The summed E-state index contributed by atoms with van der Waals surface area (Å²) in [5.41, 5.74) is 0.600. The summed E-state index contributed by atoms with van der Waals surface area (Å²) >= 11 is 0. The average molecular weight is 315 g/mol. The van der Waals surface area contributed by atoms with Crippen molar-refractivity contribution in [3.63, 3.8) is 0 Å². The van der Waals surface area contributed by atoms with Crippen LogP contribution in [0, 0.1) is 0 Å². The van der Waals surface area contributed by atoms with E-state index in [4.69, 9.17) is 4.74 Å². The van der Waals surface area contributed by atoms with E-state index in [0.29, 0.717) is 37.0 Å². The number of hydrogen-bond acceptors (Lipinski definition) is 3. The molecule has 22 heavy (non-hydrogen) atoms. The van der Waals surface area contributed by atoms with Crippen molar-refractivity contribution in [1.82, 2.24) is 10.6 Å². The van der Waals surface area contributed by atoms with Crippen LogP contribution >= 0.6 is 0 Å². The van der Waals surface area contributed by atoms with Crippen LogP contribution in [-0.4, -0.2) is 32.8 Å². The molecule has 0 radical (unpaired) electrons. The Balaban J connectivity index is 2.82. The first kappa shape index (κ1) is 18.0. The van der Waals surface area contributed by atoms with E-state index in [1.54, 1.807) is 19.2 Å². The van der Waals surface area contributed by atoms with Gasteiger partial charge in [-0.15, -0.1) is 0 Å². The van der Waals surface area contributed by atoms with Gasteiger partial charge >= 0.3 is 6.61 Å². The van der Waals surface area contributed by atoms with Crippen LogP contribution in [-0.2, 0) is 6.54 Å². The van der Waals surface area contributed by atoms with E-state index >= 15 is 0 Å². The number of hydrogen-bond donors (Lipinski definition) is 2. The van der Waals surface area contributed by atoms with Gasteiger partial charge < -0.3 is 20.1 Å². The summed E-state index contributed by atoms with van der Waals surface area (Å²) in [7, 11) is 1.64. The Kier molecular flexibility index (Phi) is 8.03. The van der Waals surface area contributed by atoms with Crippen molar-refractivity contribution in [2.24, 2.45) is 4.99 Å². The quantitative estimate of drug-likeness (QED) is 0.572. The number of benzene rings is 1. The van der Waals surface area contributed by atoms with E-state index in [1.165, 1.54) is 6.07 Å². The number of ether oxygens (including phenoxy) is 2. The van der Waals surface area contributed by atoms with E-state index in [2.05, 4.69) is 20.4 Å². The molecule has 0 aliphatic rings. The van der Waals surface area contributed by atoms with Crippen molar-refractivity contribution in [3.05, 3.63) is 23.8 Å². The van der Waals surface area contributed by atoms with Crippen molar-refractivity contribution in [2.45, 2.75) is 33.4 Å². The fraction of sp³-hybridized carbons (Fsp3) is 0.533. The Hall–Kier alpha value is -2.05. The molecule has 0 aliphatic carbocycles. The first-order chi connectivity index (χ1) is 10.6. The molecule has 0 atom stereocenters. The molecule has 0 unspecified atom stereocenters. The first-order valence-corrected chi connectivity index (χ1v) is 7.25. The summed E-state index contributed by atoms with van der Waals surface area (Å²) in [6.45, 7) is 2.59. The second kappa shape index (κ2) is 9.81. The van der Waals surface area contributed by atoms with Gasteiger partial charge in [0.05, 0.1) is 6.61 Å². The molecular formula is C15H23F2N3O2. The third-order valence-electron chi connectivity index (χ3n) is 2.74. The van der Waals surface area contributed by atoms with E-state index < -0.39 is 6.61 Å². The van der Waals surface area contributed by atoms with Crippen LogP contribution in [0.4, 0.5) is 8.78 Å². The predicted octanol–water partition coefficient (Wildman–Crippen LogP) is 2.76. The van der Waals surface area contributed by atoms with Gasteiger partial charge in [0, 0.05) is 31.8 Å². The van der Waals surface area contributed by atoms with Gasteiger partial charge in [-0.05, 0) is 25.5 Å². The van der Waals surface area contributed by atoms with Crippen molar-refractivity contribution in [3.8, 4) is 11.5 Å². The van der Waals surface area contributed by atoms with Gasteiger partial charge in [0.2, 0.25) is 0 Å². The van der Waals surface area contributed by atoms with Gasteiger partial charge in [-0.3, -0.25) is 4.99 Å². The van der Waals surface area contributed by atoms with E-state index in [-0.39, 0.29) is 5.75 Å². The molecule has 124 valence electrons. The maximum atomic E-state index is 12.6. The zero-order valence-electron chi connectivity index (χ0n) is 13.2. The summed E-state index contributed by atoms with van der Waals surface area (Å²) in [6, 6.07) is 4.92. The number of alkyl halides is 2. The second-order valence-electron chi connectivity index (χ2n) is 4.45. The largest absolute Gasteiger partial charge is 0.493 e. The van der Waals surface area contributed by atoms with Crippen LogP contribution in [0.3, 0.4) is 0 Å². The molecule has 0 spiro atoms. The summed E-state index contributed by atoms with van der Waals surface area (Å²) in [5.74, 6) is 1.21. The van der Waals surface area contributed by atoms with E-state index in [1.807, 2.05) is 13.8 Å². The fourth-order valence-corrected chi connectivity index (χ4v) is 1.76. The second-order valence-corrected chi connectivity index (χ2v) is 4.45. The normalized spacial score (nSPS) is 11.5. The Morgan fingerprint density at radius 2 is 2.05 bits per heavy atom. The van der Waals surface area contributed by atoms with Crippen molar-refractivity contribution >= 4 is 5.96 Å². The summed E-state index contributed by atoms with van der Waals surface area (Å²) in [6.07, 6.45) is 0.841. The third-order valence-corrected chi connectivity index (χ3v) is 2.74. The summed E-state index contributed by atoms with van der Waals surface area (Å²) in [4.78, 5) is 4.02. The lowest BCUT2D eigenvalue weighted by atomic mass is 10.2. The lowest BCUT2D eigenvalue weighted by Crippen LogP contribution is -2.36. The van der Waals surface area contributed by atoms with Crippen LogP contribution < -0.4 is 20.1 Å². The van der Waals surface area contributed by atoms with Gasteiger partial charge in [0.1, 0.15) is 11.5 Å². The molecule has 0 saturated carbocycles. The van der Waals surface area contributed by atoms with Crippen LogP contribution in [0.1, 0.15) is 25.8 Å². The molecule has 0 aliphatic heterocycles. The minimum atomic E-state index is -2.88. The number of nitrogens with zero attached hydrogens (tertiary/aromatic N) is 1. The fourth-order valence-electron chi connectivity index (χ4n) is 1.76. The van der Waals surface area contributed by atoms with Crippen LogP contribution in [0.2, 0.25) is 0 Å². The molecule has 1 aromatic rings. The molecule has 0 saturated heterocycles. The Morgan fingerprint density at radius 3 is 2.64 bits per heavy atom. The molecule has 1 rings (SSSR count). The maximum Gasteiger partial charge on any atom is 0.387 e. The molecule has 0 heterocycles. The first-order valence-electron chi connectivity index (χ1n) is 7.25. The minimum Gasteiger partial charge on any atom is -0.493 e. The number of nitrogens with one attached hydrogen (secondary N) is 2. The van der Waals surface area contributed by atoms with Gasteiger partial charge in [-0.1, -0.05) is 6.92 Å². The number of aliphatic imine (C=N–C) groups is 1. The maximum absolute atomic E-state index is 12.6. The molecule has 5 nitrogen and oxygen atoms in total. The van der Waals surface area contributed by atoms with Crippen molar-refractivity contribution in [2.75, 3.05) is 20.2 Å². The molecule has 0 bridgehead atoms. The highest BCUT2D eigenvalue weighted by molar-refractivity contribution is 5.79. The Labute approximate surface area is 129 Å².